The van der Waals surface area contributed by atoms with Gasteiger partial charge in [-0.25, -0.2) is 9.97 Å². The zero-order chi connectivity index (χ0) is 18.7. The summed E-state index contributed by atoms with van der Waals surface area (Å²) in [5, 5.41) is 0.894. The maximum atomic E-state index is 12.5. The van der Waals surface area contributed by atoms with Crippen molar-refractivity contribution in [1.29, 1.82) is 0 Å². The van der Waals surface area contributed by atoms with Crippen LogP contribution in [0.25, 0.3) is 10.6 Å². The predicted molar refractivity (Wildman–Crippen MR) is 94.4 cm³/mol. The molecule has 136 valence electrons. The average Bonchev–Trinajstić information content (AvgIpc) is 2.96. The van der Waals surface area contributed by atoms with Gasteiger partial charge in [-0.2, -0.15) is 13.2 Å². The SMILES string of the molecule is Cc1sc(-c2ccc(Oc3ccc(C(F)(F)F)cn3)cc2)nc1CCN. The van der Waals surface area contributed by atoms with E-state index in [2.05, 4.69) is 9.97 Å². The summed E-state index contributed by atoms with van der Waals surface area (Å²) in [6.45, 7) is 2.57. The van der Waals surface area contributed by atoms with Gasteiger partial charge in [-0.3, -0.25) is 0 Å². The molecule has 0 amide bonds. The topological polar surface area (TPSA) is 61.0 Å². The first-order valence-electron chi connectivity index (χ1n) is 7.84. The first-order chi connectivity index (χ1) is 12.4. The lowest BCUT2D eigenvalue weighted by atomic mass is 10.2. The number of thiazole rings is 1. The second-order valence-electron chi connectivity index (χ2n) is 5.57. The smallest absolute Gasteiger partial charge is 0.417 e. The Labute approximate surface area is 152 Å². The van der Waals surface area contributed by atoms with Crippen LogP contribution in [0.2, 0.25) is 0 Å². The minimum Gasteiger partial charge on any atom is -0.439 e. The molecule has 0 bridgehead atoms. The van der Waals surface area contributed by atoms with Gasteiger partial charge in [0.1, 0.15) is 10.8 Å². The quantitative estimate of drug-likeness (QED) is 0.690. The summed E-state index contributed by atoms with van der Waals surface area (Å²) < 4.78 is 43.1. The van der Waals surface area contributed by atoms with E-state index in [0.717, 1.165) is 39.8 Å². The number of halogens is 3. The normalized spacial score (nSPS) is 11.6. The number of alkyl halides is 3. The van der Waals surface area contributed by atoms with E-state index in [0.29, 0.717) is 12.3 Å². The van der Waals surface area contributed by atoms with Gasteiger partial charge in [0.05, 0.1) is 11.3 Å². The van der Waals surface area contributed by atoms with Crippen LogP contribution in [0.3, 0.4) is 0 Å². The molecule has 0 aliphatic rings. The number of nitrogens with two attached hydrogens (primary N) is 1. The van der Waals surface area contributed by atoms with Gasteiger partial charge in [0.15, 0.2) is 0 Å². The van der Waals surface area contributed by atoms with Crippen LogP contribution in [0, 0.1) is 6.92 Å². The van der Waals surface area contributed by atoms with Crippen molar-refractivity contribution in [3.8, 4) is 22.2 Å². The van der Waals surface area contributed by atoms with E-state index in [1.165, 1.54) is 6.07 Å². The van der Waals surface area contributed by atoms with Gasteiger partial charge in [0, 0.05) is 29.1 Å². The molecule has 0 fully saturated rings. The molecule has 4 nitrogen and oxygen atoms in total. The highest BCUT2D eigenvalue weighted by atomic mass is 32.1. The molecule has 0 radical (unpaired) electrons. The fourth-order valence-corrected chi connectivity index (χ4v) is 3.28. The van der Waals surface area contributed by atoms with Crippen LogP contribution in [0.1, 0.15) is 16.1 Å². The van der Waals surface area contributed by atoms with Crippen LogP contribution in [-0.4, -0.2) is 16.5 Å². The Hall–Kier alpha value is -2.45. The second kappa shape index (κ2) is 7.43. The monoisotopic (exact) mass is 379 g/mol. The van der Waals surface area contributed by atoms with E-state index in [1.54, 1.807) is 23.5 Å². The molecule has 3 aromatic rings. The summed E-state index contributed by atoms with van der Waals surface area (Å²) in [6, 6.07) is 9.30. The van der Waals surface area contributed by atoms with E-state index in [9.17, 15) is 13.2 Å². The van der Waals surface area contributed by atoms with E-state index >= 15 is 0 Å². The summed E-state index contributed by atoms with van der Waals surface area (Å²) in [6.07, 6.45) is -2.92. The highest BCUT2D eigenvalue weighted by Crippen LogP contribution is 2.32. The van der Waals surface area contributed by atoms with Crippen molar-refractivity contribution in [2.75, 3.05) is 6.54 Å². The first kappa shape index (κ1) is 18.3. The van der Waals surface area contributed by atoms with Crippen molar-refractivity contribution in [2.24, 2.45) is 5.73 Å². The zero-order valence-electron chi connectivity index (χ0n) is 13.9. The Morgan fingerprint density at radius 2 is 1.85 bits per heavy atom. The Balaban J connectivity index is 1.72. The molecule has 2 heterocycles. The molecule has 8 heteroatoms. The highest BCUT2D eigenvalue weighted by Gasteiger charge is 2.30. The predicted octanol–water partition coefficient (Wildman–Crippen LogP) is 4.83. The minimum atomic E-state index is -4.41. The van der Waals surface area contributed by atoms with Crippen LogP contribution >= 0.6 is 11.3 Å². The molecule has 0 aliphatic carbocycles. The van der Waals surface area contributed by atoms with E-state index in [4.69, 9.17) is 10.5 Å². The maximum absolute atomic E-state index is 12.5. The van der Waals surface area contributed by atoms with Crippen LogP contribution in [0.4, 0.5) is 13.2 Å². The van der Waals surface area contributed by atoms with Gasteiger partial charge in [-0.15, -0.1) is 11.3 Å². The van der Waals surface area contributed by atoms with Crippen LogP contribution in [-0.2, 0) is 12.6 Å². The van der Waals surface area contributed by atoms with Crippen LogP contribution in [0.15, 0.2) is 42.6 Å². The third-order valence-corrected chi connectivity index (χ3v) is 4.72. The van der Waals surface area contributed by atoms with Gasteiger partial charge in [-0.05, 0) is 43.8 Å². The Bertz CT molecular complexity index is 874. The lowest BCUT2D eigenvalue weighted by Crippen LogP contribution is -2.05. The molecular formula is C18H16F3N3OS. The molecule has 3 rings (SSSR count). The highest BCUT2D eigenvalue weighted by molar-refractivity contribution is 7.15. The molecule has 0 saturated heterocycles. The minimum absolute atomic E-state index is 0.0982. The molecule has 0 aliphatic heterocycles. The number of nitrogens with zero attached hydrogens (tertiary/aromatic N) is 2. The Kier molecular flexibility index (Phi) is 5.24. The largest absolute Gasteiger partial charge is 0.439 e. The van der Waals surface area contributed by atoms with E-state index < -0.39 is 11.7 Å². The molecule has 0 saturated carbocycles. The third kappa shape index (κ3) is 4.20. The fraction of sp³-hybridized carbons (Fsp3) is 0.222. The molecular weight excluding hydrogens is 363 g/mol. The maximum Gasteiger partial charge on any atom is 0.417 e. The Morgan fingerprint density at radius 3 is 2.42 bits per heavy atom. The standard InChI is InChI=1S/C18H16F3N3OS/c1-11-15(8-9-22)24-17(26-11)12-2-5-14(6-3-12)25-16-7-4-13(10-23-16)18(19,20)21/h2-7,10H,8-9,22H2,1H3. The number of benzene rings is 1. The number of aryl methyl sites for hydroxylation is 1. The molecule has 2 aromatic heterocycles. The van der Waals surface area contributed by atoms with Crippen LogP contribution in [0.5, 0.6) is 11.6 Å². The lowest BCUT2D eigenvalue weighted by Gasteiger charge is -2.08. The number of aromatic nitrogens is 2. The first-order valence-corrected chi connectivity index (χ1v) is 8.66. The van der Waals surface area contributed by atoms with Gasteiger partial charge >= 0.3 is 6.18 Å². The summed E-state index contributed by atoms with van der Waals surface area (Å²) in [5.74, 6) is 0.581. The summed E-state index contributed by atoms with van der Waals surface area (Å²) in [7, 11) is 0. The summed E-state index contributed by atoms with van der Waals surface area (Å²) >= 11 is 1.59. The average molecular weight is 379 g/mol. The van der Waals surface area contributed by atoms with E-state index in [-0.39, 0.29) is 5.88 Å². The number of hydrogen-bond donors (Lipinski definition) is 1. The van der Waals surface area contributed by atoms with Gasteiger partial charge < -0.3 is 10.5 Å². The summed E-state index contributed by atoms with van der Waals surface area (Å²) in [5.41, 5.74) is 6.71. The molecule has 0 atom stereocenters. The number of pyridine rings is 1. The van der Waals surface area contributed by atoms with Gasteiger partial charge in [-0.1, -0.05) is 0 Å². The molecule has 26 heavy (non-hydrogen) atoms. The third-order valence-electron chi connectivity index (χ3n) is 3.66. The fourth-order valence-electron chi connectivity index (χ4n) is 2.31. The van der Waals surface area contributed by atoms with Crippen molar-refractivity contribution in [1.82, 2.24) is 9.97 Å². The van der Waals surface area contributed by atoms with Crippen molar-refractivity contribution < 1.29 is 17.9 Å². The van der Waals surface area contributed by atoms with Crippen molar-refractivity contribution in [3.63, 3.8) is 0 Å². The molecule has 0 unspecified atom stereocenters. The Morgan fingerprint density at radius 1 is 1.12 bits per heavy atom. The van der Waals surface area contributed by atoms with Gasteiger partial charge in [0.2, 0.25) is 5.88 Å². The molecule has 0 spiro atoms. The lowest BCUT2D eigenvalue weighted by molar-refractivity contribution is -0.137. The second-order valence-corrected chi connectivity index (χ2v) is 6.77. The summed E-state index contributed by atoms with van der Waals surface area (Å²) in [4.78, 5) is 9.43. The van der Waals surface area contributed by atoms with E-state index in [1.807, 2.05) is 19.1 Å². The van der Waals surface area contributed by atoms with Gasteiger partial charge in [0.25, 0.3) is 0 Å². The molecule has 2 N–H and O–H groups in total. The number of ether oxygens (including phenoxy) is 1. The molecule has 1 aromatic carbocycles. The van der Waals surface area contributed by atoms with Crippen molar-refractivity contribution in [3.05, 3.63) is 58.7 Å². The van der Waals surface area contributed by atoms with Crippen LogP contribution < -0.4 is 10.5 Å². The van der Waals surface area contributed by atoms with Crippen molar-refractivity contribution >= 4 is 11.3 Å². The number of hydrogen-bond acceptors (Lipinski definition) is 5. The van der Waals surface area contributed by atoms with Crippen molar-refractivity contribution in [2.45, 2.75) is 19.5 Å². The zero-order valence-corrected chi connectivity index (χ0v) is 14.7. The number of rotatable bonds is 5.